The molecule has 3 aromatic heterocycles. The number of hydrogen-bond acceptors (Lipinski definition) is 4. The van der Waals surface area contributed by atoms with E-state index in [4.69, 9.17) is 0 Å². The molecule has 0 aliphatic carbocycles. The molecule has 0 saturated heterocycles. The van der Waals surface area contributed by atoms with Crippen molar-refractivity contribution in [2.24, 2.45) is 0 Å². The van der Waals surface area contributed by atoms with Crippen molar-refractivity contribution in [3.8, 4) is 17.1 Å². The van der Waals surface area contributed by atoms with Gasteiger partial charge in [-0.05, 0) is 19.1 Å². The Morgan fingerprint density at radius 2 is 1.70 bits per heavy atom. The fourth-order valence-corrected chi connectivity index (χ4v) is 2.28. The molecular weight excluding hydrogens is 378 g/mol. The Labute approximate surface area is 148 Å². The molecule has 144 valence electrons. The number of alkyl halides is 5. The molecule has 0 radical (unpaired) electrons. The minimum Gasteiger partial charge on any atom is -0.463 e. The molecule has 0 aliphatic rings. The smallest absolute Gasteiger partial charge is 0.425 e. The summed E-state index contributed by atoms with van der Waals surface area (Å²) in [5, 5.41) is 0. The molecule has 27 heavy (non-hydrogen) atoms. The standard InChI is InChI=1S/C16H12F6N4O/c1-8(16(20,21)22)27-14-10(17)3-9(5-23-14)11-4-12-13(15(2,18)19)25-7-26(12)6-24-11/h3-8H,1-2H3/t8-/m0/s1. The summed E-state index contributed by atoms with van der Waals surface area (Å²) < 4.78 is 84.6. The quantitative estimate of drug-likeness (QED) is 0.621. The molecule has 1 atom stereocenters. The first kappa shape index (κ1) is 18.9. The number of ether oxygens (including phenoxy) is 1. The molecule has 0 saturated carbocycles. The average Bonchev–Trinajstić information content (AvgIpc) is 2.99. The number of hydrogen-bond donors (Lipinski definition) is 0. The van der Waals surface area contributed by atoms with Gasteiger partial charge in [0.15, 0.2) is 11.9 Å². The summed E-state index contributed by atoms with van der Waals surface area (Å²) in [5.74, 6) is -5.17. The van der Waals surface area contributed by atoms with Crippen LogP contribution in [0.1, 0.15) is 19.5 Å². The highest BCUT2D eigenvalue weighted by molar-refractivity contribution is 5.66. The number of fused-ring (bicyclic) bond motifs is 1. The lowest BCUT2D eigenvalue weighted by Crippen LogP contribution is -2.31. The monoisotopic (exact) mass is 390 g/mol. The third-order valence-corrected chi connectivity index (χ3v) is 3.70. The Morgan fingerprint density at radius 3 is 2.30 bits per heavy atom. The fraction of sp³-hybridized carbons (Fsp3) is 0.312. The molecule has 3 rings (SSSR count). The van der Waals surface area contributed by atoms with Gasteiger partial charge in [-0.15, -0.1) is 0 Å². The Balaban J connectivity index is 1.96. The maximum Gasteiger partial charge on any atom is 0.425 e. The molecule has 0 bridgehead atoms. The number of nitrogens with zero attached hydrogens (tertiary/aromatic N) is 4. The molecular formula is C16H12F6N4O. The predicted molar refractivity (Wildman–Crippen MR) is 81.9 cm³/mol. The first-order valence-corrected chi connectivity index (χ1v) is 7.57. The zero-order chi connectivity index (χ0) is 20.0. The van der Waals surface area contributed by atoms with Gasteiger partial charge in [0.05, 0.1) is 11.2 Å². The van der Waals surface area contributed by atoms with Crippen molar-refractivity contribution in [3.63, 3.8) is 0 Å². The highest BCUT2D eigenvalue weighted by atomic mass is 19.4. The second-order valence-electron chi connectivity index (χ2n) is 5.86. The molecule has 0 aliphatic heterocycles. The predicted octanol–water partition coefficient (Wildman–Crippen LogP) is 4.37. The van der Waals surface area contributed by atoms with Gasteiger partial charge in [0.25, 0.3) is 11.8 Å². The van der Waals surface area contributed by atoms with Gasteiger partial charge in [-0.25, -0.2) is 19.3 Å². The van der Waals surface area contributed by atoms with Crippen molar-refractivity contribution >= 4 is 5.52 Å². The number of aromatic nitrogens is 4. The Kier molecular flexibility index (Phi) is 4.48. The summed E-state index contributed by atoms with van der Waals surface area (Å²) in [4.78, 5) is 11.2. The van der Waals surface area contributed by atoms with E-state index >= 15 is 0 Å². The highest BCUT2D eigenvalue weighted by Crippen LogP contribution is 2.31. The fourth-order valence-electron chi connectivity index (χ4n) is 2.28. The van der Waals surface area contributed by atoms with E-state index in [0.29, 0.717) is 6.92 Å². The maximum atomic E-state index is 14.1. The number of pyridine rings is 1. The van der Waals surface area contributed by atoms with E-state index in [1.807, 2.05) is 0 Å². The summed E-state index contributed by atoms with van der Waals surface area (Å²) in [7, 11) is 0. The Hall–Kier alpha value is -2.85. The largest absolute Gasteiger partial charge is 0.463 e. The third kappa shape index (κ3) is 3.81. The van der Waals surface area contributed by atoms with Gasteiger partial charge in [-0.1, -0.05) is 0 Å². The molecule has 11 heteroatoms. The van der Waals surface area contributed by atoms with E-state index in [-0.39, 0.29) is 16.8 Å². The summed E-state index contributed by atoms with van der Waals surface area (Å²) in [6.45, 7) is 1.40. The number of rotatable bonds is 4. The number of imidazole rings is 1. The minimum absolute atomic E-state index is 0.0546. The van der Waals surface area contributed by atoms with Gasteiger partial charge in [-0.2, -0.15) is 22.0 Å². The summed E-state index contributed by atoms with van der Waals surface area (Å²) >= 11 is 0. The highest BCUT2D eigenvalue weighted by Gasteiger charge is 2.38. The minimum atomic E-state index is -4.68. The van der Waals surface area contributed by atoms with Crippen molar-refractivity contribution in [3.05, 3.63) is 42.5 Å². The van der Waals surface area contributed by atoms with Crippen LogP contribution < -0.4 is 4.74 Å². The molecule has 0 unspecified atom stereocenters. The maximum absolute atomic E-state index is 14.1. The zero-order valence-electron chi connectivity index (χ0n) is 13.9. The van der Waals surface area contributed by atoms with Gasteiger partial charge in [0.2, 0.25) is 0 Å². The molecule has 5 nitrogen and oxygen atoms in total. The van der Waals surface area contributed by atoms with E-state index in [1.54, 1.807) is 0 Å². The van der Waals surface area contributed by atoms with Crippen molar-refractivity contribution in [2.45, 2.75) is 32.1 Å². The lowest BCUT2D eigenvalue weighted by atomic mass is 10.1. The molecule has 3 aromatic rings. The lowest BCUT2D eigenvalue weighted by Gasteiger charge is -2.17. The van der Waals surface area contributed by atoms with Crippen molar-refractivity contribution in [1.82, 2.24) is 19.4 Å². The molecule has 0 amide bonds. The molecule has 0 N–H and O–H groups in total. The van der Waals surface area contributed by atoms with Gasteiger partial charge in [0, 0.05) is 18.7 Å². The van der Waals surface area contributed by atoms with Gasteiger partial charge in [-0.3, -0.25) is 4.40 Å². The third-order valence-electron chi connectivity index (χ3n) is 3.70. The van der Waals surface area contributed by atoms with E-state index in [1.165, 1.54) is 16.8 Å². The van der Waals surface area contributed by atoms with Gasteiger partial charge in [0.1, 0.15) is 18.3 Å². The van der Waals surface area contributed by atoms with Crippen molar-refractivity contribution in [2.75, 3.05) is 0 Å². The Morgan fingerprint density at radius 1 is 1.04 bits per heavy atom. The molecule has 0 fully saturated rings. The molecule has 3 heterocycles. The van der Waals surface area contributed by atoms with Crippen molar-refractivity contribution in [1.29, 1.82) is 0 Å². The van der Waals surface area contributed by atoms with Crippen molar-refractivity contribution < 1.29 is 31.1 Å². The molecule has 0 aromatic carbocycles. The van der Waals surface area contributed by atoms with Crippen LogP contribution in [0, 0.1) is 5.82 Å². The topological polar surface area (TPSA) is 52.3 Å². The zero-order valence-corrected chi connectivity index (χ0v) is 13.9. The van der Waals surface area contributed by atoms with Crippen LogP contribution >= 0.6 is 0 Å². The second-order valence-corrected chi connectivity index (χ2v) is 5.86. The van der Waals surface area contributed by atoms with E-state index < -0.39 is 35.6 Å². The second kappa shape index (κ2) is 6.39. The van der Waals surface area contributed by atoms with Crippen LogP contribution in [0.4, 0.5) is 26.3 Å². The van der Waals surface area contributed by atoms with Crippen LogP contribution in [0.3, 0.4) is 0 Å². The van der Waals surface area contributed by atoms with Crippen LogP contribution in [0.2, 0.25) is 0 Å². The van der Waals surface area contributed by atoms with Crippen LogP contribution in [0.25, 0.3) is 16.8 Å². The summed E-state index contributed by atoms with van der Waals surface area (Å²) in [5.41, 5.74) is -0.263. The van der Waals surface area contributed by atoms with E-state index in [2.05, 4.69) is 19.7 Å². The van der Waals surface area contributed by atoms with Gasteiger partial charge < -0.3 is 4.74 Å². The van der Waals surface area contributed by atoms with Crippen LogP contribution in [0.5, 0.6) is 5.88 Å². The molecule has 0 spiro atoms. The summed E-state index contributed by atoms with van der Waals surface area (Å²) in [6.07, 6.45) is -3.52. The van der Waals surface area contributed by atoms with Gasteiger partial charge >= 0.3 is 6.18 Å². The normalized spacial score (nSPS) is 13.8. The SMILES string of the molecule is C[C@H](Oc1ncc(-c2cc3c(C(C)(F)F)ncn3cn2)cc1F)C(F)(F)F. The Bertz CT molecular complexity index is 979. The number of halogens is 6. The summed E-state index contributed by atoms with van der Waals surface area (Å²) in [6, 6.07) is 2.12. The van der Waals surface area contributed by atoms with E-state index in [0.717, 1.165) is 25.5 Å². The average molecular weight is 390 g/mol. The lowest BCUT2D eigenvalue weighted by molar-refractivity contribution is -0.190. The van der Waals surface area contributed by atoms with E-state index in [9.17, 15) is 26.3 Å². The van der Waals surface area contributed by atoms with Crippen LogP contribution in [-0.4, -0.2) is 31.6 Å². The first-order valence-electron chi connectivity index (χ1n) is 7.57. The van der Waals surface area contributed by atoms with Crippen LogP contribution in [-0.2, 0) is 5.92 Å². The first-order chi connectivity index (χ1) is 12.5. The van der Waals surface area contributed by atoms with Crippen LogP contribution in [0.15, 0.2) is 31.0 Å².